The van der Waals surface area contributed by atoms with Crippen molar-refractivity contribution in [1.82, 2.24) is 4.90 Å². The van der Waals surface area contributed by atoms with E-state index in [2.05, 4.69) is 26.1 Å². The Kier molecular flexibility index (Phi) is 6.42. The molecule has 26 heavy (non-hydrogen) atoms. The first kappa shape index (κ1) is 19.0. The summed E-state index contributed by atoms with van der Waals surface area (Å²) < 4.78 is 11.6. The van der Waals surface area contributed by atoms with Gasteiger partial charge >= 0.3 is 5.97 Å². The first-order valence-corrected chi connectivity index (χ1v) is 9.79. The number of thiophene rings is 1. The second kappa shape index (κ2) is 8.77. The minimum atomic E-state index is -0.448. The summed E-state index contributed by atoms with van der Waals surface area (Å²) in [5.41, 5.74) is 1.57. The third kappa shape index (κ3) is 4.70. The Labute approximate surface area is 164 Å². The van der Waals surface area contributed by atoms with E-state index in [1.807, 2.05) is 24.3 Å². The van der Waals surface area contributed by atoms with Crippen molar-refractivity contribution in [2.45, 2.75) is 6.10 Å². The average molecular weight is 439 g/mol. The number of esters is 1. The fourth-order valence-electron chi connectivity index (χ4n) is 2.81. The monoisotopic (exact) mass is 438 g/mol. The van der Waals surface area contributed by atoms with E-state index in [9.17, 15) is 9.59 Å². The molecule has 0 bridgehead atoms. The van der Waals surface area contributed by atoms with Gasteiger partial charge in [0.25, 0.3) is 0 Å². The lowest BCUT2D eigenvalue weighted by Gasteiger charge is -2.32. The van der Waals surface area contributed by atoms with Crippen molar-refractivity contribution >= 4 is 44.8 Å². The number of morpholine rings is 1. The van der Waals surface area contributed by atoms with Gasteiger partial charge < -0.3 is 14.8 Å². The summed E-state index contributed by atoms with van der Waals surface area (Å²) in [5.74, 6) is -0.611. The summed E-state index contributed by atoms with van der Waals surface area (Å²) in [6.45, 7) is 2.13. The lowest BCUT2D eigenvalue weighted by atomic mass is 10.1. The van der Waals surface area contributed by atoms with Crippen LogP contribution in [0.2, 0.25) is 0 Å². The fourth-order valence-corrected chi connectivity index (χ4v) is 3.99. The molecule has 1 fully saturated rings. The van der Waals surface area contributed by atoms with Gasteiger partial charge in [0.1, 0.15) is 4.88 Å². The number of hydrogen-bond donors (Lipinski definition) is 1. The molecule has 6 nitrogen and oxygen atoms in total. The number of rotatable bonds is 5. The summed E-state index contributed by atoms with van der Waals surface area (Å²) in [4.78, 5) is 26.5. The molecule has 8 heteroatoms. The molecule has 1 unspecified atom stereocenters. The molecule has 1 aromatic heterocycles. The number of hydrogen-bond acceptors (Lipinski definition) is 6. The molecule has 1 saturated heterocycles. The van der Waals surface area contributed by atoms with E-state index in [1.54, 1.807) is 11.4 Å². The van der Waals surface area contributed by atoms with Crippen LogP contribution in [0.15, 0.2) is 40.2 Å². The number of amides is 1. The zero-order chi connectivity index (χ0) is 18.5. The van der Waals surface area contributed by atoms with E-state index < -0.39 is 5.97 Å². The molecule has 0 saturated carbocycles. The molecule has 1 aromatic carbocycles. The number of nitrogens with one attached hydrogen (secondary N) is 1. The number of halogens is 1. The van der Waals surface area contributed by atoms with Crippen LogP contribution in [0.1, 0.15) is 21.3 Å². The van der Waals surface area contributed by atoms with Crippen molar-refractivity contribution in [3.63, 3.8) is 0 Å². The van der Waals surface area contributed by atoms with Crippen molar-refractivity contribution in [1.29, 1.82) is 0 Å². The lowest BCUT2D eigenvalue weighted by molar-refractivity contribution is -0.119. The van der Waals surface area contributed by atoms with Gasteiger partial charge in [0.05, 0.1) is 32.1 Å². The second-order valence-electron chi connectivity index (χ2n) is 5.85. The van der Waals surface area contributed by atoms with E-state index >= 15 is 0 Å². The van der Waals surface area contributed by atoms with Gasteiger partial charge in [-0.15, -0.1) is 11.3 Å². The van der Waals surface area contributed by atoms with E-state index in [-0.39, 0.29) is 18.6 Å². The van der Waals surface area contributed by atoms with E-state index in [0.29, 0.717) is 30.3 Å². The molecule has 2 heterocycles. The van der Waals surface area contributed by atoms with E-state index in [4.69, 9.17) is 9.47 Å². The molecule has 1 aliphatic rings. The zero-order valence-corrected chi connectivity index (χ0v) is 16.6. The van der Waals surface area contributed by atoms with Gasteiger partial charge in [0.2, 0.25) is 5.91 Å². The van der Waals surface area contributed by atoms with Gasteiger partial charge in [-0.1, -0.05) is 28.1 Å². The molecule has 0 radical (unpaired) electrons. The van der Waals surface area contributed by atoms with Crippen LogP contribution in [0.5, 0.6) is 0 Å². The lowest BCUT2D eigenvalue weighted by Crippen LogP contribution is -2.42. The number of methoxy groups -OCH3 is 1. The molecule has 1 amide bonds. The van der Waals surface area contributed by atoms with E-state index in [0.717, 1.165) is 10.0 Å². The van der Waals surface area contributed by atoms with Crippen LogP contribution in [0.4, 0.5) is 5.69 Å². The molecule has 1 atom stereocenters. The first-order valence-electron chi connectivity index (χ1n) is 8.12. The molecule has 0 spiro atoms. The zero-order valence-electron chi connectivity index (χ0n) is 14.2. The fraction of sp³-hybridized carbons (Fsp3) is 0.333. The summed E-state index contributed by atoms with van der Waals surface area (Å²) in [6.07, 6.45) is -0.0687. The Bertz CT molecular complexity index is 795. The SMILES string of the molecule is COC(=O)c1sccc1NC(=O)CN1CCOC(c2cccc(Br)c2)C1. The van der Waals surface area contributed by atoms with Crippen LogP contribution in [0, 0.1) is 0 Å². The average Bonchev–Trinajstić information content (AvgIpc) is 3.09. The Balaban J connectivity index is 1.59. The van der Waals surface area contributed by atoms with Crippen molar-refractivity contribution < 1.29 is 19.1 Å². The Hall–Kier alpha value is -1.74. The summed E-state index contributed by atoms with van der Waals surface area (Å²) in [7, 11) is 1.32. The van der Waals surface area contributed by atoms with Crippen molar-refractivity contribution in [2.24, 2.45) is 0 Å². The van der Waals surface area contributed by atoms with Gasteiger partial charge in [-0.2, -0.15) is 0 Å². The normalized spacial score (nSPS) is 17.7. The summed E-state index contributed by atoms with van der Waals surface area (Å²) in [5, 5.41) is 4.55. The number of nitrogens with zero attached hydrogens (tertiary/aromatic N) is 1. The number of benzene rings is 1. The standard InChI is InChI=1S/C18H19BrN2O4S/c1-24-18(23)17-14(5-8-26-17)20-16(22)11-21-6-7-25-15(10-21)12-3-2-4-13(19)9-12/h2-5,8-9,15H,6-7,10-11H2,1H3,(H,20,22). The van der Waals surface area contributed by atoms with Crippen molar-refractivity contribution in [3.05, 3.63) is 50.6 Å². The minimum absolute atomic E-state index is 0.0687. The predicted octanol–water partition coefficient (Wildman–Crippen LogP) is 3.31. The van der Waals surface area contributed by atoms with Crippen LogP contribution >= 0.6 is 27.3 Å². The molecule has 1 N–H and O–H groups in total. The van der Waals surface area contributed by atoms with Crippen LogP contribution in [-0.4, -0.2) is 50.1 Å². The maximum atomic E-state index is 12.4. The smallest absolute Gasteiger partial charge is 0.350 e. The number of ether oxygens (including phenoxy) is 2. The quantitative estimate of drug-likeness (QED) is 0.725. The Morgan fingerprint density at radius 2 is 2.27 bits per heavy atom. The maximum absolute atomic E-state index is 12.4. The number of carbonyl (C=O) groups is 2. The largest absolute Gasteiger partial charge is 0.465 e. The highest BCUT2D eigenvalue weighted by atomic mass is 79.9. The van der Waals surface area contributed by atoms with Gasteiger partial charge in [0, 0.05) is 17.6 Å². The Morgan fingerprint density at radius 3 is 3.04 bits per heavy atom. The molecule has 2 aromatic rings. The van der Waals surface area contributed by atoms with Crippen LogP contribution < -0.4 is 5.32 Å². The molecular weight excluding hydrogens is 420 g/mol. The predicted molar refractivity (Wildman–Crippen MR) is 104 cm³/mol. The third-order valence-electron chi connectivity index (χ3n) is 4.05. The van der Waals surface area contributed by atoms with Gasteiger partial charge in [-0.3, -0.25) is 9.69 Å². The van der Waals surface area contributed by atoms with Crippen molar-refractivity contribution in [3.8, 4) is 0 Å². The minimum Gasteiger partial charge on any atom is -0.465 e. The highest BCUT2D eigenvalue weighted by Crippen LogP contribution is 2.25. The summed E-state index contributed by atoms with van der Waals surface area (Å²) >= 11 is 4.71. The van der Waals surface area contributed by atoms with Crippen molar-refractivity contribution in [2.75, 3.05) is 38.7 Å². The third-order valence-corrected chi connectivity index (χ3v) is 5.44. The van der Waals surface area contributed by atoms with Crippen LogP contribution in [0.3, 0.4) is 0 Å². The number of anilines is 1. The molecule has 1 aliphatic heterocycles. The topological polar surface area (TPSA) is 67.9 Å². The molecular formula is C18H19BrN2O4S. The van der Waals surface area contributed by atoms with E-state index in [1.165, 1.54) is 18.4 Å². The highest BCUT2D eigenvalue weighted by molar-refractivity contribution is 9.10. The van der Waals surface area contributed by atoms with Gasteiger partial charge in [-0.05, 0) is 29.1 Å². The highest BCUT2D eigenvalue weighted by Gasteiger charge is 2.24. The molecule has 138 valence electrons. The summed E-state index contributed by atoms with van der Waals surface area (Å²) in [6, 6.07) is 9.70. The van der Waals surface area contributed by atoms with Gasteiger partial charge in [0.15, 0.2) is 0 Å². The number of carbonyl (C=O) groups excluding carboxylic acids is 2. The van der Waals surface area contributed by atoms with Crippen LogP contribution in [-0.2, 0) is 14.3 Å². The molecule has 3 rings (SSSR count). The first-order chi connectivity index (χ1) is 12.6. The van der Waals surface area contributed by atoms with Crippen LogP contribution in [0.25, 0.3) is 0 Å². The Morgan fingerprint density at radius 1 is 1.42 bits per heavy atom. The van der Waals surface area contributed by atoms with Gasteiger partial charge in [-0.25, -0.2) is 4.79 Å². The molecule has 0 aliphatic carbocycles. The maximum Gasteiger partial charge on any atom is 0.350 e. The second-order valence-corrected chi connectivity index (χ2v) is 7.68.